The molecule has 0 amide bonds. The van der Waals surface area contributed by atoms with Gasteiger partial charge in [0.05, 0.1) is 26.2 Å². The number of benzene rings is 1. The molecule has 0 aliphatic carbocycles. The number of hydrogen-bond acceptors (Lipinski definition) is 4. The van der Waals surface area contributed by atoms with Gasteiger partial charge in [-0.1, -0.05) is 0 Å². The number of methoxy groups -OCH3 is 2. The van der Waals surface area contributed by atoms with Crippen LogP contribution in [0, 0.1) is 0 Å². The van der Waals surface area contributed by atoms with Crippen molar-refractivity contribution in [3.05, 3.63) is 23.3 Å². The lowest BCUT2D eigenvalue weighted by Crippen LogP contribution is -2.10. The number of carboxylic acids is 2. The first-order valence-electron chi connectivity index (χ1n) is 4.70. The average molecular weight is 240 g/mol. The number of ether oxygens (including phenoxy) is 2. The first-order valence-corrected chi connectivity index (χ1v) is 4.70. The summed E-state index contributed by atoms with van der Waals surface area (Å²) in [6.07, 6.45) is -0.442. The molecular formula is C11H12O6. The van der Waals surface area contributed by atoms with E-state index in [1.165, 1.54) is 26.4 Å². The van der Waals surface area contributed by atoms with Crippen molar-refractivity contribution in [3.8, 4) is 11.5 Å². The summed E-state index contributed by atoms with van der Waals surface area (Å²) in [4.78, 5) is 21.7. The van der Waals surface area contributed by atoms with E-state index >= 15 is 0 Å². The quantitative estimate of drug-likeness (QED) is 0.798. The minimum atomic E-state index is -1.21. The lowest BCUT2D eigenvalue weighted by molar-refractivity contribution is -0.136. The first-order chi connectivity index (χ1) is 8.01. The summed E-state index contributed by atoms with van der Waals surface area (Å²) < 4.78 is 9.99. The molecule has 0 unspecified atom stereocenters. The summed E-state index contributed by atoms with van der Waals surface area (Å²) in [6.45, 7) is 0. The SMILES string of the molecule is COc1ccc(C(=O)O)c(CC(=O)O)c1OC. The Kier molecular flexibility index (Phi) is 3.92. The highest BCUT2D eigenvalue weighted by atomic mass is 16.5. The number of hydrogen-bond donors (Lipinski definition) is 2. The van der Waals surface area contributed by atoms with Gasteiger partial charge in [-0.3, -0.25) is 4.79 Å². The molecule has 2 N–H and O–H groups in total. The number of aromatic carboxylic acids is 1. The van der Waals surface area contributed by atoms with Crippen molar-refractivity contribution in [2.24, 2.45) is 0 Å². The molecule has 0 atom stereocenters. The predicted molar refractivity (Wildman–Crippen MR) is 57.8 cm³/mol. The van der Waals surface area contributed by atoms with Crippen LogP contribution in [0.2, 0.25) is 0 Å². The molecule has 1 aromatic rings. The average Bonchev–Trinajstić information content (AvgIpc) is 2.27. The molecule has 0 saturated heterocycles. The van der Waals surface area contributed by atoms with Crippen LogP contribution in [0.25, 0.3) is 0 Å². The normalized spacial score (nSPS) is 9.76. The van der Waals surface area contributed by atoms with Gasteiger partial charge in [-0.05, 0) is 12.1 Å². The Bertz CT molecular complexity index is 452. The van der Waals surface area contributed by atoms with Crippen molar-refractivity contribution in [1.29, 1.82) is 0 Å². The molecule has 92 valence electrons. The molecule has 6 nitrogen and oxygen atoms in total. The maximum Gasteiger partial charge on any atom is 0.336 e. The third kappa shape index (κ3) is 2.66. The number of carbonyl (C=O) groups is 2. The highest BCUT2D eigenvalue weighted by molar-refractivity contribution is 5.92. The minimum absolute atomic E-state index is 0.0897. The van der Waals surface area contributed by atoms with Crippen molar-refractivity contribution in [1.82, 2.24) is 0 Å². The van der Waals surface area contributed by atoms with Gasteiger partial charge in [0.2, 0.25) is 0 Å². The lowest BCUT2D eigenvalue weighted by atomic mass is 10.0. The summed E-state index contributed by atoms with van der Waals surface area (Å²) in [5.74, 6) is -1.91. The Morgan fingerprint density at radius 1 is 1.18 bits per heavy atom. The maximum absolute atomic E-state index is 11.0. The second kappa shape index (κ2) is 5.20. The molecule has 17 heavy (non-hydrogen) atoms. The summed E-state index contributed by atoms with van der Waals surface area (Å²) in [5.41, 5.74) is -0.0168. The largest absolute Gasteiger partial charge is 0.493 e. The standard InChI is InChI=1S/C11H12O6/c1-16-8-4-3-6(11(14)15)7(5-9(12)13)10(8)17-2/h3-4H,5H2,1-2H3,(H,12,13)(H,14,15). The molecule has 0 bridgehead atoms. The summed E-state index contributed by atoms with van der Waals surface area (Å²) in [5, 5.41) is 17.7. The highest BCUT2D eigenvalue weighted by Gasteiger charge is 2.20. The molecule has 0 aromatic heterocycles. The smallest absolute Gasteiger partial charge is 0.336 e. The minimum Gasteiger partial charge on any atom is -0.493 e. The zero-order chi connectivity index (χ0) is 13.0. The van der Waals surface area contributed by atoms with Crippen LogP contribution in [0.5, 0.6) is 11.5 Å². The highest BCUT2D eigenvalue weighted by Crippen LogP contribution is 2.33. The number of aliphatic carboxylic acids is 1. The molecule has 0 saturated carbocycles. The molecular weight excluding hydrogens is 228 g/mol. The van der Waals surface area contributed by atoms with E-state index in [1.54, 1.807) is 0 Å². The van der Waals surface area contributed by atoms with Gasteiger partial charge in [0.15, 0.2) is 11.5 Å². The third-order valence-electron chi connectivity index (χ3n) is 2.21. The first kappa shape index (κ1) is 12.8. The van der Waals surface area contributed by atoms with E-state index in [0.717, 1.165) is 0 Å². The van der Waals surface area contributed by atoms with Crippen LogP contribution < -0.4 is 9.47 Å². The van der Waals surface area contributed by atoms with Crippen LogP contribution >= 0.6 is 0 Å². The Morgan fingerprint density at radius 2 is 1.82 bits per heavy atom. The zero-order valence-corrected chi connectivity index (χ0v) is 9.39. The van der Waals surface area contributed by atoms with Gasteiger partial charge in [-0.25, -0.2) is 4.79 Å². The van der Waals surface area contributed by atoms with Crippen LogP contribution in [0.3, 0.4) is 0 Å². The van der Waals surface area contributed by atoms with E-state index < -0.39 is 18.4 Å². The van der Waals surface area contributed by atoms with E-state index in [9.17, 15) is 9.59 Å². The molecule has 0 aliphatic rings. The lowest BCUT2D eigenvalue weighted by Gasteiger charge is -2.13. The number of rotatable bonds is 5. The molecule has 6 heteroatoms. The molecule has 0 radical (unpaired) electrons. The van der Waals surface area contributed by atoms with E-state index in [-0.39, 0.29) is 16.9 Å². The molecule has 0 fully saturated rings. The van der Waals surface area contributed by atoms with Crippen molar-refractivity contribution in [2.45, 2.75) is 6.42 Å². The monoisotopic (exact) mass is 240 g/mol. The predicted octanol–water partition coefficient (Wildman–Crippen LogP) is 1.03. The van der Waals surface area contributed by atoms with Crippen molar-refractivity contribution in [3.63, 3.8) is 0 Å². The summed E-state index contributed by atoms with van der Waals surface area (Å²) in [6, 6.07) is 2.72. The fourth-order valence-corrected chi connectivity index (χ4v) is 1.52. The molecule has 1 rings (SSSR count). The maximum atomic E-state index is 11.0. The molecule has 0 heterocycles. The van der Waals surface area contributed by atoms with Gasteiger partial charge >= 0.3 is 11.9 Å². The van der Waals surface area contributed by atoms with Gasteiger partial charge in [0.1, 0.15) is 0 Å². The summed E-state index contributed by atoms with van der Waals surface area (Å²) >= 11 is 0. The van der Waals surface area contributed by atoms with Gasteiger partial charge in [-0.15, -0.1) is 0 Å². The van der Waals surface area contributed by atoms with Crippen molar-refractivity contribution < 1.29 is 29.3 Å². The summed E-state index contributed by atoms with van der Waals surface area (Å²) in [7, 11) is 2.72. The van der Waals surface area contributed by atoms with Gasteiger partial charge < -0.3 is 19.7 Å². The second-order valence-electron chi connectivity index (χ2n) is 3.20. The fraction of sp³-hybridized carbons (Fsp3) is 0.273. The van der Waals surface area contributed by atoms with Crippen molar-refractivity contribution >= 4 is 11.9 Å². The van der Waals surface area contributed by atoms with Crippen LogP contribution in [0.1, 0.15) is 15.9 Å². The van der Waals surface area contributed by atoms with Crippen LogP contribution in [-0.4, -0.2) is 36.4 Å². The topological polar surface area (TPSA) is 93.1 Å². The van der Waals surface area contributed by atoms with E-state index in [4.69, 9.17) is 19.7 Å². The number of carboxylic acid groups (broad SMARTS) is 2. The van der Waals surface area contributed by atoms with Crippen LogP contribution in [0.15, 0.2) is 12.1 Å². The Balaban J connectivity index is 3.43. The van der Waals surface area contributed by atoms with Gasteiger partial charge in [0, 0.05) is 5.56 Å². The van der Waals surface area contributed by atoms with Gasteiger partial charge in [0.25, 0.3) is 0 Å². The second-order valence-corrected chi connectivity index (χ2v) is 3.20. The van der Waals surface area contributed by atoms with E-state index in [2.05, 4.69) is 0 Å². The Hall–Kier alpha value is -2.24. The molecule has 1 aromatic carbocycles. The van der Waals surface area contributed by atoms with E-state index in [1.807, 2.05) is 0 Å². The molecule has 0 spiro atoms. The molecule has 0 aliphatic heterocycles. The zero-order valence-electron chi connectivity index (χ0n) is 9.39. The van der Waals surface area contributed by atoms with Crippen molar-refractivity contribution in [2.75, 3.05) is 14.2 Å². The van der Waals surface area contributed by atoms with Gasteiger partial charge in [-0.2, -0.15) is 0 Å². The van der Waals surface area contributed by atoms with E-state index in [0.29, 0.717) is 5.75 Å². The third-order valence-corrected chi connectivity index (χ3v) is 2.21. The fourth-order valence-electron chi connectivity index (χ4n) is 1.52. The van der Waals surface area contributed by atoms with Crippen LogP contribution in [-0.2, 0) is 11.2 Å². The Morgan fingerprint density at radius 3 is 2.24 bits per heavy atom. The van der Waals surface area contributed by atoms with Crippen LogP contribution in [0.4, 0.5) is 0 Å². The Labute approximate surface area is 97.4 Å².